The van der Waals surface area contributed by atoms with Crippen LogP contribution in [0.3, 0.4) is 0 Å². The molecule has 0 bridgehead atoms. The second-order valence-corrected chi connectivity index (χ2v) is 4.66. The van der Waals surface area contributed by atoms with Crippen molar-refractivity contribution in [2.24, 2.45) is 11.7 Å². The molecule has 1 atom stereocenters. The topological polar surface area (TPSA) is 67.1 Å². The molecule has 2 rings (SSSR count). The molecule has 0 radical (unpaired) electrons. The van der Waals surface area contributed by atoms with Crippen molar-refractivity contribution in [3.8, 4) is 0 Å². The fraction of sp³-hybridized carbons (Fsp3) is 0.538. The summed E-state index contributed by atoms with van der Waals surface area (Å²) in [5.74, 6) is 3.22. The predicted octanol–water partition coefficient (Wildman–Crippen LogP) is 1.17. The van der Waals surface area contributed by atoms with Gasteiger partial charge in [0.05, 0.1) is 0 Å². The van der Waals surface area contributed by atoms with E-state index in [1.165, 1.54) is 0 Å². The van der Waals surface area contributed by atoms with Crippen molar-refractivity contribution in [1.29, 1.82) is 0 Å². The highest BCUT2D eigenvalue weighted by atomic mass is 15.2. The Morgan fingerprint density at radius 1 is 1.61 bits per heavy atom. The molecule has 1 aliphatic heterocycles. The van der Waals surface area contributed by atoms with Crippen molar-refractivity contribution in [3.05, 3.63) is 24.5 Å². The maximum atomic E-state index is 5.72. The lowest BCUT2D eigenvalue weighted by Crippen LogP contribution is -2.24. The maximum Gasteiger partial charge on any atom is 0.134 e. The SMILES string of the molecule is C=CCNc1cc(N2CCC(CN)C2)nc(C)n1. The van der Waals surface area contributed by atoms with Gasteiger partial charge in [-0.25, -0.2) is 9.97 Å². The molecular formula is C13H21N5. The van der Waals surface area contributed by atoms with Crippen LogP contribution < -0.4 is 16.0 Å². The van der Waals surface area contributed by atoms with Gasteiger partial charge in [-0.05, 0) is 25.8 Å². The summed E-state index contributed by atoms with van der Waals surface area (Å²) in [5.41, 5.74) is 5.72. The van der Waals surface area contributed by atoms with E-state index in [4.69, 9.17) is 5.73 Å². The number of aromatic nitrogens is 2. The van der Waals surface area contributed by atoms with Crippen LogP contribution in [0.5, 0.6) is 0 Å². The normalized spacial score (nSPS) is 19.0. The summed E-state index contributed by atoms with van der Waals surface area (Å²) in [7, 11) is 0. The van der Waals surface area contributed by atoms with Gasteiger partial charge in [0.2, 0.25) is 0 Å². The summed E-state index contributed by atoms with van der Waals surface area (Å²) >= 11 is 0. The smallest absolute Gasteiger partial charge is 0.134 e. The fourth-order valence-corrected chi connectivity index (χ4v) is 2.21. The van der Waals surface area contributed by atoms with Gasteiger partial charge in [-0.15, -0.1) is 6.58 Å². The second-order valence-electron chi connectivity index (χ2n) is 4.66. The van der Waals surface area contributed by atoms with E-state index in [2.05, 4.69) is 26.8 Å². The molecule has 3 N–H and O–H groups in total. The first-order valence-corrected chi connectivity index (χ1v) is 6.38. The molecule has 1 fully saturated rings. The van der Waals surface area contributed by atoms with Gasteiger partial charge in [-0.1, -0.05) is 6.08 Å². The zero-order valence-corrected chi connectivity index (χ0v) is 10.9. The third kappa shape index (κ3) is 2.98. The highest BCUT2D eigenvalue weighted by Gasteiger charge is 2.22. The van der Waals surface area contributed by atoms with Gasteiger partial charge in [-0.2, -0.15) is 0 Å². The highest BCUT2D eigenvalue weighted by molar-refractivity contribution is 5.50. The molecule has 1 saturated heterocycles. The Morgan fingerprint density at radius 3 is 3.11 bits per heavy atom. The Labute approximate surface area is 108 Å². The summed E-state index contributed by atoms with van der Waals surface area (Å²) in [6.45, 7) is 9.09. The zero-order valence-electron chi connectivity index (χ0n) is 10.9. The van der Waals surface area contributed by atoms with Crippen LogP contribution in [0, 0.1) is 12.8 Å². The number of aryl methyl sites for hydroxylation is 1. The minimum absolute atomic E-state index is 0.588. The molecule has 0 aliphatic carbocycles. The molecule has 0 saturated carbocycles. The second kappa shape index (κ2) is 5.82. The highest BCUT2D eigenvalue weighted by Crippen LogP contribution is 2.23. The maximum absolute atomic E-state index is 5.72. The Morgan fingerprint density at radius 2 is 2.44 bits per heavy atom. The van der Waals surface area contributed by atoms with Gasteiger partial charge < -0.3 is 16.0 Å². The van der Waals surface area contributed by atoms with Gasteiger partial charge in [0.25, 0.3) is 0 Å². The molecule has 0 amide bonds. The molecule has 18 heavy (non-hydrogen) atoms. The number of anilines is 2. The molecular weight excluding hydrogens is 226 g/mol. The van der Waals surface area contributed by atoms with Crippen LogP contribution in [0.1, 0.15) is 12.2 Å². The number of nitrogens with one attached hydrogen (secondary N) is 1. The van der Waals surface area contributed by atoms with E-state index in [9.17, 15) is 0 Å². The quantitative estimate of drug-likeness (QED) is 0.764. The molecule has 5 heteroatoms. The fourth-order valence-electron chi connectivity index (χ4n) is 2.21. The average molecular weight is 247 g/mol. The average Bonchev–Trinajstić information content (AvgIpc) is 2.84. The monoisotopic (exact) mass is 247 g/mol. The summed E-state index contributed by atoms with van der Waals surface area (Å²) in [4.78, 5) is 11.1. The van der Waals surface area contributed by atoms with Gasteiger partial charge in [-0.3, -0.25) is 0 Å². The van der Waals surface area contributed by atoms with Crippen LogP contribution in [0.15, 0.2) is 18.7 Å². The van der Waals surface area contributed by atoms with E-state index in [1.54, 1.807) is 0 Å². The first kappa shape index (κ1) is 12.8. The van der Waals surface area contributed by atoms with Crippen molar-refractivity contribution in [3.63, 3.8) is 0 Å². The van der Waals surface area contributed by atoms with Crippen molar-refractivity contribution >= 4 is 11.6 Å². The first-order valence-electron chi connectivity index (χ1n) is 6.38. The number of nitrogens with two attached hydrogens (primary N) is 1. The predicted molar refractivity (Wildman–Crippen MR) is 74.8 cm³/mol. The third-order valence-corrected chi connectivity index (χ3v) is 3.20. The molecule has 1 aliphatic rings. The molecule has 5 nitrogen and oxygen atoms in total. The summed E-state index contributed by atoms with van der Waals surface area (Å²) < 4.78 is 0. The lowest BCUT2D eigenvalue weighted by atomic mass is 10.1. The third-order valence-electron chi connectivity index (χ3n) is 3.20. The summed E-state index contributed by atoms with van der Waals surface area (Å²) in [6.07, 6.45) is 2.96. The van der Waals surface area contributed by atoms with E-state index in [0.717, 1.165) is 43.5 Å². The Bertz CT molecular complexity index is 418. The van der Waals surface area contributed by atoms with Crippen molar-refractivity contribution in [2.45, 2.75) is 13.3 Å². The number of hydrogen-bond donors (Lipinski definition) is 2. The molecule has 2 heterocycles. The van der Waals surface area contributed by atoms with E-state index in [0.29, 0.717) is 12.5 Å². The number of rotatable bonds is 5. The van der Waals surface area contributed by atoms with Gasteiger partial charge in [0.1, 0.15) is 17.5 Å². The summed E-state index contributed by atoms with van der Waals surface area (Å²) in [6, 6.07) is 2.00. The van der Waals surface area contributed by atoms with Crippen molar-refractivity contribution in [2.75, 3.05) is 36.4 Å². The molecule has 98 valence electrons. The minimum Gasteiger partial charge on any atom is -0.366 e. The Kier molecular flexibility index (Phi) is 4.15. The molecule has 1 unspecified atom stereocenters. The molecule has 1 aromatic heterocycles. The van der Waals surface area contributed by atoms with Crippen LogP contribution in [0.25, 0.3) is 0 Å². The van der Waals surface area contributed by atoms with Crippen LogP contribution >= 0.6 is 0 Å². The molecule has 0 spiro atoms. The van der Waals surface area contributed by atoms with Gasteiger partial charge >= 0.3 is 0 Å². The largest absolute Gasteiger partial charge is 0.366 e. The van der Waals surface area contributed by atoms with Gasteiger partial charge in [0, 0.05) is 25.7 Å². The lowest BCUT2D eigenvalue weighted by molar-refractivity contribution is 0.602. The Balaban J connectivity index is 2.12. The van der Waals surface area contributed by atoms with Crippen molar-refractivity contribution < 1.29 is 0 Å². The zero-order chi connectivity index (χ0) is 13.0. The van der Waals surface area contributed by atoms with Crippen LogP contribution in [-0.4, -0.2) is 36.1 Å². The van der Waals surface area contributed by atoms with E-state index >= 15 is 0 Å². The molecule has 0 aromatic carbocycles. The van der Waals surface area contributed by atoms with E-state index in [-0.39, 0.29) is 0 Å². The van der Waals surface area contributed by atoms with Crippen molar-refractivity contribution in [1.82, 2.24) is 9.97 Å². The minimum atomic E-state index is 0.588. The lowest BCUT2D eigenvalue weighted by Gasteiger charge is -2.18. The Hall–Kier alpha value is -1.62. The van der Waals surface area contributed by atoms with Crippen LogP contribution in [-0.2, 0) is 0 Å². The summed E-state index contributed by atoms with van der Waals surface area (Å²) in [5, 5.41) is 3.20. The molecule has 1 aromatic rings. The standard InChI is InChI=1S/C13H21N5/c1-3-5-15-12-7-13(17-10(2)16-12)18-6-4-11(8-14)9-18/h3,7,11H,1,4-6,8-9,14H2,2H3,(H,15,16,17). The van der Waals surface area contributed by atoms with Crippen LogP contribution in [0.4, 0.5) is 11.6 Å². The number of hydrogen-bond acceptors (Lipinski definition) is 5. The number of nitrogens with zero attached hydrogens (tertiary/aromatic N) is 3. The van der Waals surface area contributed by atoms with Gasteiger partial charge in [0.15, 0.2) is 0 Å². The van der Waals surface area contributed by atoms with E-state index < -0.39 is 0 Å². The van der Waals surface area contributed by atoms with Crippen LogP contribution in [0.2, 0.25) is 0 Å². The van der Waals surface area contributed by atoms with E-state index in [1.807, 2.05) is 19.1 Å². The first-order chi connectivity index (χ1) is 8.72.